The van der Waals surface area contributed by atoms with Gasteiger partial charge in [0.1, 0.15) is 5.58 Å². The molecule has 0 aliphatic carbocycles. The summed E-state index contributed by atoms with van der Waals surface area (Å²) in [6, 6.07) is 13.8. The lowest BCUT2D eigenvalue weighted by Gasteiger charge is -1.95. The zero-order valence-corrected chi connectivity index (χ0v) is 13.5. The van der Waals surface area contributed by atoms with Crippen LogP contribution in [0.15, 0.2) is 64.1 Å². The lowest BCUT2D eigenvalue weighted by Crippen LogP contribution is -1.96. The average molecular weight is 334 g/mol. The fourth-order valence-electron chi connectivity index (χ4n) is 2.06. The molecule has 0 spiro atoms. The number of aliphatic hydroxyl groups is 1. The highest BCUT2D eigenvalue weighted by atomic mass is 32.2. The second kappa shape index (κ2) is 7.41. The summed E-state index contributed by atoms with van der Waals surface area (Å²) in [4.78, 5) is -0.0666. The molecule has 0 aliphatic heterocycles. The van der Waals surface area contributed by atoms with E-state index in [-0.39, 0.29) is 11.5 Å². The molecule has 0 unspecified atom stereocenters. The molecule has 1 heterocycles. The standard InChI is InChI=1S/C10H10O2.C7H8O3S/c11-6-5-8-7-12-10-4-2-1-3-9(8)10;1-6-2-4-7(5-3-6)11(8,9)10/h1-4,7,11H,5-6H2;2-5H,1H3,(H,8,9,10). The molecule has 0 amide bonds. The van der Waals surface area contributed by atoms with E-state index in [1.54, 1.807) is 18.4 Å². The van der Waals surface area contributed by atoms with Crippen molar-refractivity contribution >= 4 is 21.1 Å². The van der Waals surface area contributed by atoms with E-state index in [9.17, 15) is 8.42 Å². The average Bonchev–Trinajstić information content (AvgIpc) is 2.91. The quantitative estimate of drug-likeness (QED) is 0.718. The molecule has 2 N–H and O–H groups in total. The number of hydrogen-bond acceptors (Lipinski definition) is 4. The second-order valence-corrected chi connectivity index (χ2v) is 6.44. The molecular formula is C17H18O5S. The van der Waals surface area contributed by atoms with Crippen molar-refractivity contribution in [2.24, 2.45) is 0 Å². The monoisotopic (exact) mass is 334 g/mol. The smallest absolute Gasteiger partial charge is 0.294 e. The van der Waals surface area contributed by atoms with Crippen molar-refractivity contribution in [1.82, 2.24) is 0 Å². The number of rotatable bonds is 3. The molecule has 3 rings (SSSR count). The fraction of sp³-hybridized carbons (Fsp3) is 0.176. The van der Waals surface area contributed by atoms with Crippen LogP contribution in [-0.4, -0.2) is 24.7 Å². The Kier molecular flexibility index (Phi) is 5.54. The van der Waals surface area contributed by atoms with E-state index >= 15 is 0 Å². The summed E-state index contributed by atoms with van der Waals surface area (Å²) < 4.78 is 34.8. The van der Waals surface area contributed by atoms with Crippen molar-refractivity contribution in [3.05, 3.63) is 65.9 Å². The Morgan fingerprint density at radius 3 is 2.30 bits per heavy atom. The van der Waals surface area contributed by atoms with Crippen LogP contribution in [0.1, 0.15) is 11.1 Å². The minimum atomic E-state index is -4.02. The molecule has 0 fully saturated rings. The zero-order chi connectivity index (χ0) is 16.9. The van der Waals surface area contributed by atoms with Gasteiger partial charge in [-0.25, -0.2) is 0 Å². The Bertz CT molecular complexity index is 863. The lowest BCUT2D eigenvalue weighted by molar-refractivity contribution is 0.299. The third-order valence-corrected chi connectivity index (χ3v) is 4.13. The van der Waals surface area contributed by atoms with Gasteiger partial charge in [0.25, 0.3) is 10.1 Å². The molecule has 0 radical (unpaired) electrons. The van der Waals surface area contributed by atoms with E-state index in [0.717, 1.165) is 22.1 Å². The third-order valence-electron chi connectivity index (χ3n) is 3.26. The summed E-state index contributed by atoms with van der Waals surface area (Å²) in [5.41, 5.74) is 2.92. The molecule has 0 atom stereocenters. The summed E-state index contributed by atoms with van der Waals surface area (Å²) in [5, 5.41) is 9.86. The lowest BCUT2D eigenvalue weighted by atomic mass is 10.1. The summed E-state index contributed by atoms with van der Waals surface area (Å²) in [6.07, 6.45) is 2.37. The molecule has 0 bridgehead atoms. The molecule has 0 saturated heterocycles. The summed E-state index contributed by atoms with van der Waals surface area (Å²) in [5.74, 6) is 0. The van der Waals surface area contributed by atoms with Gasteiger partial charge >= 0.3 is 0 Å². The molecular weight excluding hydrogens is 316 g/mol. The highest BCUT2D eigenvalue weighted by molar-refractivity contribution is 7.85. The van der Waals surface area contributed by atoms with E-state index in [0.29, 0.717) is 6.42 Å². The van der Waals surface area contributed by atoms with E-state index in [2.05, 4.69) is 0 Å². The predicted molar refractivity (Wildman–Crippen MR) is 88.0 cm³/mol. The highest BCUT2D eigenvalue weighted by Gasteiger charge is 2.06. The number of furan rings is 1. The number of aliphatic hydroxyl groups excluding tert-OH is 1. The van der Waals surface area contributed by atoms with Gasteiger partial charge in [-0.3, -0.25) is 4.55 Å². The first-order valence-corrected chi connectivity index (χ1v) is 8.46. The van der Waals surface area contributed by atoms with Gasteiger partial charge in [0, 0.05) is 17.6 Å². The highest BCUT2D eigenvalue weighted by Crippen LogP contribution is 2.20. The Hall–Kier alpha value is -2.15. The normalized spacial score (nSPS) is 11.1. The van der Waals surface area contributed by atoms with Gasteiger partial charge in [-0.2, -0.15) is 8.42 Å². The molecule has 1 aromatic heterocycles. The number of fused-ring (bicyclic) bond motifs is 1. The Morgan fingerprint density at radius 2 is 1.70 bits per heavy atom. The van der Waals surface area contributed by atoms with Gasteiger partial charge < -0.3 is 9.52 Å². The van der Waals surface area contributed by atoms with Crippen LogP contribution in [0.5, 0.6) is 0 Å². The van der Waals surface area contributed by atoms with E-state index in [1.165, 1.54) is 12.1 Å². The number of aryl methyl sites for hydroxylation is 1. The molecule has 122 valence electrons. The van der Waals surface area contributed by atoms with Crippen molar-refractivity contribution in [3.63, 3.8) is 0 Å². The van der Waals surface area contributed by atoms with Gasteiger partial charge in [-0.05, 0) is 31.5 Å². The van der Waals surface area contributed by atoms with E-state index in [1.807, 2.05) is 31.2 Å². The summed E-state index contributed by atoms with van der Waals surface area (Å²) >= 11 is 0. The predicted octanol–water partition coefficient (Wildman–Crippen LogP) is 3.21. The van der Waals surface area contributed by atoms with Crippen LogP contribution in [-0.2, 0) is 16.5 Å². The van der Waals surface area contributed by atoms with Crippen molar-refractivity contribution in [1.29, 1.82) is 0 Å². The van der Waals surface area contributed by atoms with Crippen LogP contribution in [0, 0.1) is 6.92 Å². The molecule has 23 heavy (non-hydrogen) atoms. The maximum absolute atomic E-state index is 10.5. The minimum absolute atomic E-state index is 0.0666. The third kappa shape index (κ3) is 4.66. The van der Waals surface area contributed by atoms with Crippen LogP contribution >= 0.6 is 0 Å². The first-order chi connectivity index (χ1) is 10.9. The molecule has 6 heteroatoms. The first-order valence-electron chi connectivity index (χ1n) is 7.02. The summed E-state index contributed by atoms with van der Waals surface area (Å²) in [6.45, 7) is 2.01. The van der Waals surface area contributed by atoms with Crippen molar-refractivity contribution in [3.8, 4) is 0 Å². The van der Waals surface area contributed by atoms with Crippen molar-refractivity contribution in [2.75, 3.05) is 6.61 Å². The Morgan fingerprint density at radius 1 is 1.04 bits per heavy atom. The summed E-state index contributed by atoms with van der Waals surface area (Å²) in [7, 11) is -4.02. The van der Waals surface area contributed by atoms with E-state index in [4.69, 9.17) is 14.1 Å². The topological polar surface area (TPSA) is 87.7 Å². The van der Waals surface area contributed by atoms with Crippen LogP contribution in [0.2, 0.25) is 0 Å². The zero-order valence-electron chi connectivity index (χ0n) is 12.6. The SMILES string of the molecule is Cc1ccc(S(=O)(=O)O)cc1.OCCc1coc2ccccc12. The van der Waals surface area contributed by atoms with Gasteiger partial charge in [-0.15, -0.1) is 0 Å². The van der Waals surface area contributed by atoms with Gasteiger partial charge in [-0.1, -0.05) is 35.9 Å². The molecule has 3 aromatic rings. The van der Waals surface area contributed by atoms with E-state index < -0.39 is 10.1 Å². The minimum Gasteiger partial charge on any atom is -0.464 e. The number of hydrogen-bond donors (Lipinski definition) is 2. The van der Waals surface area contributed by atoms with Crippen LogP contribution < -0.4 is 0 Å². The van der Waals surface area contributed by atoms with Crippen LogP contribution in [0.3, 0.4) is 0 Å². The van der Waals surface area contributed by atoms with Crippen molar-refractivity contribution < 1.29 is 22.5 Å². The van der Waals surface area contributed by atoms with Gasteiger partial charge in [0.15, 0.2) is 0 Å². The van der Waals surface area contributed by atoms with Gasteiger partial charge in [0.2, 0.25) is 0 Å². The Labute approximate surface area is 134 Å². The maximum Gasteiger partial charge on any atom is 0.294 e. The number of para-hydroxylation sites is 1. The Balaban J connectivity index is 0.000000168. The van der Waals surface area contributed by atoms with Crippen LogP contribution in [0.25, 0.3) is 11.0 Å². The molecule has 2 aromatic carbocycles. The second-order valence-electron chi connectivity index (χ2n) is 5.02. The maximum atomic E-state index is 10.5. The van der Waals surface area contributed by atoms with Gasteiger partial charge in [0.05, 0.1) is 11.2 Å². The molecule has 0 saturated carbocycles. The largest absolute Gasteiger partial charge is 0.464 e. The molecule has 0 aliphatic rings. The van der Waals surface area contributed by atoms with Crippen LogP contribution in [0.4, 0.5) is 0 Å². The first kappa shape index (κ1) is 17.2. The van der Waals surface area contributed by atoms with Crippen molar-refractivity contribution in [2.45, 2.75) is 18.2 Å². The molecule has 5 nitrogen and oxygen atoms in total. The number of benzene rings is 2. The fourth-order valence-corrected chi connectivity index (χ4v) is 2.54.